The molecule has 3 N–H and O–H groups in total. The zero-order valence-electron chi connectivity index (χ0n) is 14.6. The number of aromatic nitrogens is 2. The quantitative estimate of drug-likeness (QED) is 0.601. The molecule has 4 rings (SSSR count). The molecule has 0 aliphatic carbocycles. The van der Waals surface area contributed by atoms with Crippen molar-refractivity contribution >= 4 is 33.1 Å². The van der Waals surface area contributed by atoms with Crippen LogP contribution >= 0.6 is 11.3 Å². The number of para-hydroxylation sites is 2. The maximum absolute atomic E-state index is 12.4. The Hall–Kier alpha value is -2.71. The highest BCUT2D eigenvalue weighted by Crippen LogP contribution is 2.25. The van der Waals surface area contributed by atoms with Crippen molar-refractivity contribution in [1.29, 1.82) is 0 Å². The van der Waals surface area contributed by atoms with E-state index >= 15 is 0 Å². The molecule has 0 spiro atoms. The standard InChI is InChI=1S/C19H20N4O3S/c24-15-4-2-1-3-13(15)21-18(25)12-5-8-23(9-6-12)11-16-20-14-7-10-27-17(14)19(26)22-16/h1-4,7,10,12,24H,5-6,8-9,11H2,(H,21,25)(H,20,22,26). The molecule has 1 saturated heterocycles. The molecule has 1 aliphatic rings. The molecular weight excluding hydrogens is 364 g/mol. The molecule has 1 amide bonds. The largest absolute Gasteiger partial charge is 0.506 e. The monoisotopic (exact) mass is 384 g/mol. The first-order valence-corrected chi connectivity index (χ1v) is 9.76. The van der Waals surface area contributed by atoms with Crippen LogP contribution in [-0.4, -0.2) is 39.0 Å². The number of H-pyrrole nitrogens is 1. The van der Waals surface area contributed by atoms with Crippen LogP contribution in [0.15, 0.2) is 40.5 Å². The highest BCUT2D eigenvalue weighted by molar-refractivity contribution is 7.17. The van der Waals surface area contributed by atoms with Crippen molar-refractivity contribution in [2.75, 3.05) is 18.4 Å². The molecule has 1 fully saturated rings. The summed E-state index contributed by atoms with van der Waals surface area (Å²) in [7, 11) is 0. The van der Waals surface area contributed by atoms with Gasteiger partial charge in [0.1, 0.15) is 16.3 Å². The number of hydrogen-bond acceptors (Lipinski definition) is 6. The minimum atomic E-state index is -0.0954. The zero-order valence-corrected chi connectivity index (χ0v) is 15.5. The Balaban J connectivity index is 1.35. The van der Waals surface area contributed by atoms with Crippen molar-refractivity contribution in [3.8, 4) is 5.75 Å². The van der Waals surface area contributed by atoms with Crippen LogP contribution in [0.3, 0.4) is 0 Å². The number of carbonyl (C=O) groups is 1. The first kappa shape index (κ1) is 17.7. The second-order valence-corrected chi connectivity index (χ2v) is 7.62. The predicted molar refractivity (Wildman–Crippen MR) is 105 cm³/mol. The molecule has 8 heteroatoms. The van der Waals surface area contributed by atoms with Gasteiger partial charge in [-0.1, -0.05) is 12.1 Å². The number of piperidine rings is 1. The molecule has 7 nitrogen and oxygen atoms in total. The Labute approximate surface area is 159 Å². The van der Waals surface area contributed by atoms with E-state index in [4.69, 9.17) is 0 Å². The predicted octanol–water partition coefficient (Wildman–Crippen LogP) is 2.54. The van der Waals surface area contributed by atoms with E-state index in [0.29, 0.717) is 22.8 Å². The minimum Gasteiger partial charge on any atom is -0.506 e. The summed E-state index contributed by atoms with van der Waals surface area (Å²) in [5.41, 5.74) is 1.08. The van der Waals surface area contributed by atoms with Crippen LogP contribution in [0.5, 0.6) is 5.75 Å². The summed E-state index contributed by atoms with van der Waals surface area (Å²) in [5, 5.41) is 14.5. The molecule has 0 bridgehead atoms. The van der Waals surface area contributed by atoms with Crippen LogP contribution in [0.1, 0.15) is 18.7 Å². The van der Waals surface area contributed by atoms with Crippen LogP contribution in [0.4, 0.5) is 5.69 Å². The summed E-state index contributed by atoms with van der Waals surface area (Å²) >= 11 is 1.39. The number of phenols is 1. The number of anilines is 1. The molecule has 0 radical (unpaired) electrons. The number of hydrogen-bond donors (Lipinski definition) is 3. The lowest BCUT2D eigenvalue weighted by molar-refractivity contribution is -0.121. The van der Waals surface area contributed by atoms with Crippen LogP contribution < -0.4 is 10.9 Å². The van der Waals surface area contributed by atoms with Gasteiger partial charge in [0.25, 0.3) is 5.56 Å². The number of carbonyl (C=O) groups excluding carboxylic acids is 1. The molecule has 0 unspecified atom stereocenters. The molecule has 1 aliphatic heterocycles. The van der Waals surface area contributed by atoms with E-state index in [1.807, 2.05) is 11.4 Å². The lowest BCUT2D eigenvalue weighted by Gasteiger charge is -2.30. The van der Waals surface area contributed by atoms with Gasteiger partial charge in [-0.05, 0) is 49.5 Å². The number of likely N-dealkylation sites (tertiary alicyclic amines) is 1. The average molecular weight is 384 g/mol. The first-order chi connectivity index (χ1) is 13.1. The van der Waals surface area contributed by atoms with Gasteiger partial charge in [-0.3, -0.25) is 14.5 Å². The van der Waals surface area contributed by atoms with E-state index in [9.17, 15) is 14.7 Å². The fraction of sp³-hybridized carbons (Fsp3) is 0.316. The Morgan fingerprint density at radius 2 is 2.07 bits per heavy atom. The number of rotatable bonds is 4. The number of amides is 1. The van der Waals surface area contributed by atoms with E-state index in [-0.39, 0.29) is 23.1 Å². The lowest BCUT2D eigenvalue weighted by atomic mass is 9.95. The van der Waals surface area contributed by atoms with Gasteiger partial charge in [0, 0.05) is 5.92 Å². The van der Waals surface area contributed by atoms with Gasteiger partial charge in [0.05, 0.1) is 17.7 Å². The fourth-order valence-corrected chi connectivity index (χ4v) is 4.10. The van der Waals surface area contributed by atoms with Crippen LogP contribution in [0.2, 0.25) is 0 Å². The van der Waals surface area contributed by atoms with Crippen molar-refractivity contribution < 1.29 is 9.90 Å². The molecule has 1 aromatic carbocycles. The fourth-order valence-electron chi connectivity index (χ4n) is 3.38. The van der Waals surface area contributed by atoms with E-state index in [1.165, 1.54) is 11.3 Å². The molecule has 0 saturated carbocycles. The second kappa shape index (κ2) is 7.50. The summed E-state index contributed by atoms with van der Waals surface area (Å²) in [6.45, 7) is 2.07. The van der Waals surface area contributed by atoms with E-state index in [0.717, 1.165) is 31.4 Å². The smallest absolute Gasteiger partial charge is 0.268 e. The first-order valence-electron chi connectivity index (χ1n) is 8.88. The van der Waals surface area contributed by atoms with E-state index in [2.05, 4.69) is 20.2 Å². The summed E-state index contributed by atoms with van der Waals surface area (Å²) in [4.78, 5) is 34.1. The minimum absolute atomic E-state index is 0.0672. The van der Waals surface area contributed by atoms with Crippen molar-refractivity contribution in [3.63, 3.8) is 0 Å². The van der Waals surface area contributed by atoms with Crippen LogP contribution in [0, 0.1) is 5.92 Å². The van der Waals surface area contributed by atoms with Crippen LogP contribution in [-0.2, 0) is 11.3 Å². The third kappa shape index (κ3) is 3.86. The molecular formula is C19H20N4O3S. The summed E-state index contributed by atoms with van der Waals surface area (Å²) in [5.74, 6) is 0.569. The highest BCUT2D eigenvalue weighted by atomic mass is 32.1. The molecule has 140 valence electrons. The summed E-state index contributed by atoms with van der Waals surface area (Å²) < 4.78 is 0.651. The number of aromatic amines is 1. The normalized spacial score (nSPS) is 15.9. The Morgan fingerprint density at radius 1 is 1.30 bits per heavy atom. The number of thiophene rings is 1. The zero-order chi connectivity index (χ0) is 18.8. The highest BCUT2D eigenvalue weighted by Gasteiger charge is 2.26. The summed E-state index contributed by atoms with van der Waals surface area (Å²) in [6, 6.07) is 8.58. The van der Waals surface area contributed by atoms with Gasteiger partial charge in [-0.15, -0.1) is 11.3 Å². The van der Waals surface area contributed by atoms with E-state index in [1.54, 1.807) is 24.3 Å². The van der Waals surface area contributed by atoms with Gasteiger partial charge in [-0.2, -0.15) is 0 Å². The van der Waals surface area contributed by atoms with Crippen molar-refractivity contribution in [3.05, 3.63) is 51.9 Å². The summed E-state index contributed by atoms with van der Waals surface area (Å²) in [6.07, 6.45) is 1.45. The number of nitrogens with zero attached hydrogens (tertiary/aromatic N) is 2. The number of nitrogens with one attached hydrogen (secondary N) is 2. The lowest BCUT2D eigenvalue weighted by Crippen LogP contribution is -2.38. The number of benzene rings is 1. The maximum Gasteiger partial charge on any atom is 0.268 e. The Morgan fingerprint density at radius 3 is 2.85 bits per heavy atom. The Kier molecular flexibility index (Phi) is 4.91. The van der Waals surface area contributed by atoms with Gasteiger partial charge in [0.15, 0.2) is 0 Å². The molecule has 3 aromatic rings. The topological polar surface area (TPSA) is 98.3 Å². The second-order valence-electron chi connectivity index (χ2n) is 6.70. The van der Waals surface area contributed by atoms with Gasteiger partial charge >= 0.3 is 0 Å². The molecule has 0 atom stereocenters. The maximum atomic E-state index is 12.4. The van der Waals surface area contributed by atoms with Gasteiger partial charge in [-0.25, -0.2) is 4.98 Å². The van der Waals surface area contributed by atoms with Crippen molar-refractivity contribution in [2.24, 2.45) is 5.92 Å². The van der Waals surface area contributed by atoms with E-state index < -0.39 is 0 Å². The SMILES string of the molecule is O=C(Nc1ccccc1O)C1CCN(Cc2nc3ccsc3c(=O)[nH]2)CC1. The number of aromatic hydroxyl groups is 1. The molecule has 2 aromatic heterocycles. The van der Waals surface area contributed by atoms with Crippen LogP contribution in [0.25, 0.3) is 10.2 Å². The molecule has 3 heterocycles. The third-order valence-electron chi connectivity index (χ3n) is 4.86. The van der Waals surface area contributed by atoms with Crippen molar-refractivity contribution in [2.45, 2.75) is 19.4 Å². The number of fused-ring (bicyclic) bond motifs is 1. The molecule has 27 heavy (non-hydrogen) atoms. The third-order valence-corrected chi connectivity index (χ3v) is 5.76. The average Bonchev–Trinajstić information content (AvgIpc) is 3.13. The van der Waals surface area contributed by atoms with Gasteiger partial charge < -0.3 is 15.4 Å². The Bertz CT molecular complexity index is 1020. The number of phenolic OH excluding ortho intramolecular Hbond substituents is 1. The van der Waals surface area contributed by atoms with Gasteiger partial charge in [0.2, 0.25) is 5.91 Å². The van der Waals surface area contributed by atoms with Crippen molar-refractivity contribution in [1.82, 2.24) is 14.9 Å².